The Morgan fingerprint density at radius 2 is 1.39 bits per heavy atom. The van der Waals surface area contributed by atoms with E-state index in [0.29, 0.717) is 72.8 Å². The van der Waals surface area contributed by atoms with E-state index in [-0.39, 0.29) is 11.5 Å². The maximum Gasteiger partial charge on any atom is 0.0637 e. The summed E-state index contributed by atoms with van der Waals surface area (Å²) < 4.78 is 20.3. The van der Waals surface area contributed by atoms with Gasteiger partial charge in [-0.3, -0.25) is 0 Å². The molecule has 0 heterocycles. The van der Waals surface area contributed by atoms with Crippen LogP contribution in [0.15, 0.2) is 0 Å². The number of nitrogens with one attached hydrogen (secondary N) is 1. The third kappa shape index (κ3) is 8.21. The summed E-state index contributed by atoms with van der Waals surface area (Å²) in [4.78, 5) is 0. The summed E-state index contributed by atoms with van der Waals surface area (Å²) in [7, 11) is 0. The Morgan fingerprint density at radius 1 is 0.727 bits per heavy atom. The minimum atomic E-state index is 0.170. The lowest BCUT2D eigenvalue weighted by atomic mass is 9.43. The molecule has 0 spiro atoms. The molecule has 44 heavy (non-hydrogen) atoms. The second-order valence-electron chi connectivity index (χ2n) is 15.5. The zero-order chi connectivity index (χ0) is 31.6. The molecule has 4 rings (SSSR count). The van der Waals surface area contributed by atoms with Gasteiger partial charge in [-0.05, 0) is 164 Å². The van der Waals surface area contributed by atoms with E-state index >= 15 is 0 Å². The maximum atomic E-state index is 6.99. The standard InChI is InChI=1S/C36H71N5O3/c1-26(9-4-18-41-19-5-14-37)29-10-11-30-34-31(25-33(36(29,30)3)44-22-8-17-40)35(2)13-12-28(42-20-6-15-38)23-27(35)24-32(34)43-21-7-16-39/h26-34,41H,4-25,37-40H2,1-3H3/t26-,27+,28-,29-,30+,31+,32-,33+,34+,35+,36-/m1/s1. The highest BCUT2D eigenvalue weighted by Crippen LogP contribution is 2.69. The molecule has 4 aliphatic carbocycles. The van der Waals surface area contributed by atoms with E-state index in [0.717, 1.165) is 78.0 Å². The van der Waals surface area contributed by atoms with Crippen molar-refractivity contribution in [2.75, 3.05) is 59.1 Å². The second-order valence-corrected chi connectivity index (χ2v) is 15.5. The Balaban J connectivity index is 1.57. The van der Waals surface area contributed by atoms with Crippen LogP contribution in [-0.2, 0) is 14.2 Å². The molecule has 8 heteroatoms. The van der Waals surface area contributed by atoms with Gasteiger partial charge in [0.1, 0.15) is 0 Å². The molecular weight excluding hydrogens is 550 g/mol. The highest BCUT2D eigenvalue weighted by atomic mass is 16.5. The molecule has 0 unspecified atom stereocenters. The highest BCUT2D eigenvalue weighted by molar-refractivity contribution is 5.15. The van der Waals surface area contributed by atoms with E-state index in [4.69, 9.17) is 37.1 Å². The van der Waals surface area contributed by atoms with E-state index in [9.17, 15) is 0 Å². The number of nitrogens with two attached hydrogens (primary N) is 4. The van der Waals surface area contributed by atoms with Gasteiger partial charge in [0.2, 0.25) is 0 Å². The van der Waals surface area contributed by atoms with Gasteiger partial charge in [-0.1, -0.05) is 20.8 Å². The second kappa shape index (κ2) is 17.7. The molecule has 0 amide bonds. The first-order valence-electron chi connectivity index (χ1n) is 18.7. The first-order chi connectivity index (χ1) is 21.3. The zero-order valence-corrected chi connectivity index (χ0v) is 28.8. The Labute approximate surface area is 270 Å². The fourth-order valence-corrected chi connectivity index (χ4v) is 10.7. The van der Waals surface area contributed by atoms with Crippen LogP contribution in [-0.4, -0.2) is 77.4 Å². The lowest BCUT2D eigenvalue weighted by Gasteiger charge is -2.65. The van der Waals surface area contributed by atoms with Gasteiger partial charge >= 0.3 is 0 Å². The minimum Gasteiger partial charge on any atom is -0.378 e. The van der Waals surface area contributed by atoms with Crippen LogP contribution in [0.2, 0.25) is 0 Å². The van der Waals surface area contributed by atoms with E-state index in [1.165, 1.54) is 44.9 Å². The predicted molar refractivity (Wildman–Crippen MR) is 181 cm³/mol. The van der Waals surface area contributed by atoms with Crippen molar-refractivity contribution >= 4 is 0 Å². The molecule has 4 aliphatic rings. The van der Waals surface area contributed by atoms with Gasteiger partial charge in [-0.2, -0.15) is 0 Å². The lowest BCUT2D eigenvalue weighted by molar-refractivity contribution is -0.227. The van der Waals surface area contributed by atoms with Crippen molar-refractivity contribution < 1.29 is 14.2 Å². The molecule has 0 aromatic carbocycles. The molecule has 11 atom stereocenters. The minimum absolute atomic E-state index is 0.170. The molecule has 0 bridgehead atoms. The number of rotatable bonds is 20. The van der Waals surface area contributed by atoms with Crippen molar-refractivity contribution in [2.45, 2.75) is 123 Å². The molecule has 4 fully saturated rings. The summed E-state index contributed by atoms with van der Waals surface area (Å²) in [6.45, 7) is 15.1. The van der Waals surface area contributed by atoms with Gasteiger partial charge in [0.05, 0.1) is 18.3 Å². The number of hydrogen-bond acceptors (Lipinski definition) is 8. The molecule has 0 saturated heterocycles. The number of fused-ring (bicyclic) bond motifs is 5. The fraction of sp³-hybridized carbons (Fsp3) is 1.00. The van der Waals surface area contributed by atoms with Gasteiger partial charge in [0.25, 0.3) is 0 Å². The van der Waals surface area contributed by atoms with Gasteiger partial charge in [0.15, 0.2) is 0 Å². The quantitative estimate of drug-likeness (QED) is 0.126. The van der Waals surface area contributed by atoms with Crippen LogP contribution >= 0.6 is 0 Å². The summed E-state index contributed by atoms with van der Waals surface area (Å²) in [5.74, 6) is 3.85. The average molecular weight is 622 g/mol. The van der Waals surface area contributed by atoms with Crippen LogP contribution in [0.1, 0.15) is 104 Å². The Hall–Kier alpha value is -0.320. The van der Waals surface area contributed by atoms with Crippen LogP contribution in [0, 0.1) is 46.3 Å². The molecule has 4 saturated carbocycles. The average Bonchev–Trinajstić information content (AvgIpc) is 3.38. The molecule has 0 aromatic rings. The number of ether oxygens (including phenoxy) is 3. The van der Waals surface area contributed by atoms with Crippen molar-refractivity contribution in [2.24, 2.45) is 69.3 Å². The third-order valence-corrected chi connectivity index (χ3v) is 13.1. The lowest BCUT2D eigenvalue weighted by Crippen LogP contribution is -2.63. The number of hydrogen-bond donors (Lipinski definition) is 5. The van der Waals surface area contributed by atoms with Crippen LogP contribution in [0.5, 0.6) is 0 Å². The normalized spacial score (nSPS) is 39.1. The molecule has 258 valence electrons. The Morgan fingerprint density at radius 3 is 2.09 bits per heavy atom. The van der Waals surface area contributed by atoms with Gasteiger partial charge < -0.3 is 42.5 Å². The van der Waals surface area contributed by atoms with Crippen molar-refractivity contribution in [1.29, 1.82) is 0 Å². The summed E-state index contributed by atoms with van der Waals surface area (Å²) in [6, 6.07) is 0. The van der Waals surface area contributed by atoms with Crippen molar-refractivity contribution in [3.8, 4) is 0 Å². The van der Waals surface area contributed by atoms with Crippen LogP contribution in [0.4, 0.5) is 0 Å². The van der Waals surface area contributed by atoms with Crippen LogP contribution in [0.3, 0.4) is 0 Å². The summed E-state index contributed by atoms with van der Waals surface area (Å²) in [6.07, 6.45) is 15.8. The smallest absolute Gasteiger partial charge is 0.0637 e. The van der Waals surface area contributed by atoms with Crippen LogP contribution < -0.4 is 28.3 Å². The van der Waals surface area contributed by atoms with E-state index < -0.39 is 0 Å². The zero-order valence-electron chi connectivity index (χ0n) is 28.8. The summed E-state index contributed by atoms with van der Waals surface area (Å²) in [5.41, 5.74) is 23.9. The first-order valence-corrected chi connectivity index (χ1v) is 18.7. The molecule has 0 aliphatic heterocycles. The molecule has 9 N–H and O–H groups in total. The molecular formula is C36H71N5O3. The van der Waals surface area contributed by atoms with E-state index in [1.807, 2.05) is 0 Å². The summed E-state index contributed by atoms with van der Waals surface area (Å²) >= 11 is 0. The van der Waals surface area contributed by atoms with Crippen molar-refractivity contribution in [3.63, 3.8) is 0 Å². The Kier molecular flexibility index (Phi) is 14.7. The molecule has 8 nitrogen and oxygen atoms in total. The van der Waals surface area contributed by atoms with Gasteiger partial charge in [-0.15, -0.1) is 0 Å². The Bertz CT molecular complexity index is 821. The monoisotopic (exact) mass is 622 g/mol. The SMILES string of the molecule is C[C@H](CCCNCCCN)[C@H]1CC[C@H]2[C@@H]3[C@H](OCCCN)C[C@@H]4C[C@H](OCCCN)CC[C@]4(C)[C@H]3C[C@H](OCCCN)[C@]12C. The largest absolute Gasteiger partial charge is 0.378 e. The molecule has 0 radical (unpaired) electrons. The van der Waals surface area contributed by atoms with Crippen molar-refractivity contribution in [3.05, 3.63) is 0 Å². The van der Waals surface area contributed by atoms with E-state index in [1.54, 1.807) is 0 Å². The fourth-order valence-electron chi connectivity index (χ4n) is 10.7. The maximum absolute atomic E-state index is 6.99. The molecule has 0 aromatic heterocycles. The van der Waals surface area contributed by atoms with Crippen LogP contribution in [0.25, 0.3) is 0 Å². The van der Waals surface area contributed by atoms with Gasteiger partial charge in [-0.25, -0.2) is 0 Å². The van der Waals surface area contributed by atoms with Gasteiger partial charge in [0, 0.05) is 25.2 Å². The highest BCUT2D eigenvalue weighted by Gasteiger charge is 2.66. The summed E-state index contributed by atoms with van der Waals surface area (Å²) in [5, 5.41) is 3.60. The van der Waals surface area contributed by atoms with E-state index in [2.05, 4.69) is 26.1 Å². The third-order valence-electron chi connectivity index (χ3n) is 13.1. The van der Waals surface area contributed by atoms with Crippen molar-refractivity contribution in [1.82, 2.24) is 5.32 Å². The topological polar surface area (TPSA) is 144 Å². The first kappa shape index (κ1) is 36.5. The predicted octanol–water partition coefficient (Wildman–Crippen LogP) is 4.42.